The van der Waals surface area contributed by atoms with Crippen molar-refractivity contribution in [2.24, 2.45) is 0 Å². The number of hydrogen-bond donors (Lipinski definition) is 1. The van der Waals surface area contributed by atoms with Crippen molar-refractivity contribution < 1.29 is 0 Å². The van der Waals surface area contributed by atoms with Crippen LogP contribution in [0.25, 0.3) is 16.2 Å². The molecule has 0 amide bonds. The van der Waals surface area contributed by atoms with Crippen LogP contribution in [0.15, 0.2) is 30.3 Å². The van der Waals surface area contributed by atoms with E-state index in [-0.39, 0.29) is 0 Å². The second-order valence-corrected chi connectivity index (χ2v) is 4.20. The second-order valence-electron chi connectivity index (χ2n) is 3.12. The van der Waals surface area contributed by atoms with Crippen molar-refractivity contribution >= 4 is 33.2 Å². The van der Waals surface area contributed by atoms with Gasteiger partial charge >= 0.3 is 0 Å². The third-order valence-corrected chi connectivity index (χ3v) is 3.42. The molecule has 0 bridgehead atoms. The lowest BCUT2D eigenvalue weighted by Gasteiger charge is -2.07. The number of nitrogens with one attached hydrogen (secondary N) is 1. The Morgan fingerprint density at radius 1 is 1.23 bits per heavy atom. The first-order valence-corrected chi connectivity index (χ1v) is 5.19. The van der Waals surface area contributed by atoms with Crippen LogP contribution in [0, 0.1) is 0 Å². The maximum absolute atomic E-state index is 3.41. The number of anilines is 1. The fraction of sp³-hybridized carbons (Fsp3) is 0.0909. The molecular formula is C11H9NS. The van der Waals surface area contributed by atoms with E-state index in [4.69, 9.17) is 0 Å². The van der Waals surface area contributed by atoms with Crippen molar-refractivity contribution in [1.29, 1.82) is 0 Å². The van der Waals surface area contributed by atoms with Gasteiger partial charge in [0, 0.05) is 16.6 Å². The first kappa shape index (κ1) is 7.15. The molecule has 3 rings (SSSR count). The monoisotopic (exact) mass is 187 g/mol. The maximum Gasteiger partial charge on any atom is 0.0605 e. The lowest BCUT2D eigenvalue weighted by atomic mass is 10.2. The van der Waals surface area contributed by atoms with Crippen molar-refractivity contribution in [3.05, 3.63) is 35.2 Å². The normalized spacial score (nSPS) is 14.2. The van der Waals surface area contributed by atoms with Crippen molar-refractivity contribution in [3.63, 3.8) is 0 Å². The summed E-state index contributed by atoms with van der Waals surface area (Å²) in [6, 6.07) is 8.54. The highest BCUT2D eigenvalue weighted by Crippen LogP contribution is 2.37. The summed E-state index contributed by atoms with van der Waals surface area (Å²) in [5.41, 5.74) is 1.31. The molecule has 1 aromatic heterocycles. The summed E-state index contributed by atoms with van der Waals surface area (Å²) < 4.78 is 1.37. The zero-order valence-corrected chi connectivity index (χ0v) is 7.90. The van der Waals surface area contributed by atoms with Crippen molar-refractivity contribution in [1.82, 2.24) is 0 Å². The molecule has 0 atom stereocenters. The Morgan fingerprint density at radius 3 is 3.15 bits per heavy atom. The van der Waals surface area contributed by atoms with Crippen molar-refractivity contribution in [3.8, 4) is 0 Å². The molecule has 1 N–H and O–H groups in total. The third-order valence-electron chi connectivity index (χ3n) is 2.29. The van der Waals surface area contributed by atoms with Crippen LogP contribution in [-0.2, 0) is 0 Å². The highest BCUT2D eigenvalue weighted by Gasteiger charge is 2.10. The number of benzene rings is 1. The van der Waals surface area contributed by atoms with Gasteiger partial charge in [0.2, 0.25) is 0 Å². The largest absolute Gasteiger partial charge is 0.380 e. The maximum atomic E-state index is 3.41. The lowest BCUT2D eigenvalue weighted by Crippen LogP contribution is -2.01. The predicted molar refractivity (Wildman–Crippen MR) is 59.3 cm³/mol. The fourth-order valence-electron chi connectivity index (χ4n) is 1.69. The van der Waals surface area contributed by atoms with Gasteiger partial charge in [0.25, 0.3) is 0 Å². The van der Waals surface area contributed by atoms with Crippen molar-refractivity contribution in [2.75, 3.05) is 11.9 Å². The van der Waals surface area contributed by atoms with Gasteiger partial charge in [-0.15, -0.1) is 11.3 Å². The third kappa shape index (κ3) is 0.988. The van der Waals surface area contributed by atoms with Gasteiger partial charge in [0.1, 0.15) is 0 Å². The van der Waals surface area contributed by atoms with Crippen LogP contribution in [0.1, 0.15) is 4.88 Å². The topological polar surface area (TPSA) is 12.0 Å². The molecule has 0 aliphatic carbocycles. The molecular weight excluding hydrogens is 178 g/mol. The summed E-state index contributed by atoms with van der Waals surface area (Å²) in [6.45, 7) is 0.952. The molecule has 13 heavy (non-hydrogen) atoms. The average molecular weight is 187 g/mol. The molecule has 2 heteroatoms. The Bertz CT molecular complexity index is 482. The molecule has 64 valence electrons. The summed E-state index contributed by atoms with van der Waals surface area (Å²) in [6.07, 6.45) is 4.37. The zero-order chi connectivity index (χ0) is 8.67. The van der Waals surface area contributed by atoms with Crippen LogP contribution in [0.2, 0.25) is 0 Å². The Morgan fingerprint density at radius 2 is 2.15 bits per heavy atom. The number of fused-ring (bicyclic) bond motifs is 3. The van der Waals surface area contributed by atoms with E-state index >= 15 is 0 Å². The molecule has 1 nitrogen and oxygen atoms in total. The fourth-order valence-corrected chi connectivity index (χ4v) is 2.80. The van der Waals surface area contributed by atoms with Gasteiger partial charge in [0.15, 0.2) is 0 Å². The van der Waals surface area contributed by atoms with Crippen LogP contribution in [0.5, 0.6) is 0 Å². The molecule has 1 aliphatic heterocycles. The van der Waals surface area contributed by atoms with E-state index in [1.807, 2.05) is 11.3 Å². The molecule has 0 saturated carbocycles. The van der Waals surface area contributed by atoms with E-state index in [0.717, 1.165) is 6.54 Å². The van der Waals surface area contributed by atoms with Gasteiger partial charge < -0.3 is 5.32 Å². The van der Waals surface area contributed by atoms with E-state index in [9.17, 15) is 0 Å². The lowest BCUT2D eigenvalue weighted by molar-refractivity contribution is 1.34. The minimum atomic E-state index is 0.952. The van der Waals surface area contributed by atoms with Gasteiger partial charge in [-0.05, 0) is 12.1 Å². The second kappa shape index (κ2) is 2.60. The predicted octanol–water partition coefficient (Wildman–Crippen LogP) is 3.34. The SMILES string of the molecule is C1=Cc2sc3ccccc3c2NC1. The minimum Gasteiger partial charge on any atom is -0.380 e. The smallest absolute Gasteiger partial charge is 0.0605 e. The molecule has 0 fully saturated rings. The van der Waals surface area contributed by atoms with E-state index in [1.54, 1.807) is 0 Å². The summed E-state index contributed by atoms with van der Waals surface area (Å²) in [7, 11) is 0. The van der Waals surface area contributed by atoms with Gasteiger partial charge in [-0.25, -0.2) is 0 Å². The molecule has 1 aromatic carbocycles. The van der Waals surface area contributed by atoms with Crippen molar-refractivity contribution in [2.45, 2.75) is 0 Å². The quantitative estimate of drug-likeness (QED) is 0.667. The van der Waals surface area contributed by atoms with Crippen LogP contribution in [0.4, 0.5) is 5.69 Å². The molecule has 0 radical (unpaired) electrons. The highest BCUT2D eigenvalue weighted by atomic mass is 32.1. The summed E-state index contributed by atoms with van der Waals surface area (Å²) in [5.74, 6) is 0. The van der Waals surface area contributed by atoms with Crippen LogP contribution < -0.4 is 5.32 Å². The molecule has 2 heterocycles. The Balaban J connectivity index is 2.41. The minimum absolute atomic E-state index is 0.952. The standard InChI is InChI=1S/C11H9NS/c1-2-5-9-8(4-1)11-10(13-9)6-3-7-12-11/h1-6,12H,7H2. The number of rotatable bonds is 0. The van der Waals surface area contributed by atoms with E-state index in [2.05, 4.69) is 41.7 Å². The van der Waals surface area contributed by atoms with Gasteiger partial charge in [0.05, 0.1) is 10.6 Å². The zero-order valence-electron chi connectivity index (χ0n) is 7.08. The first-order chi connectivity index (χ1) is 6.45. The molecule has 1 aliphatic rings. The first-order valence-electron chi connectivity index (χ1n) is 4.37. The van der Waals surface area contributed by atoms with Crippen LogP contribution in [0.3, 0.4) is 0 Å². The van der Waals surface area contributed by atoms with Gasteiger partial charge in [-0.1, -0.05) is 24.3 Å². The van der Waals surface area contributed by atoms with Gasteiger partial charge in [-0.2, -0.15) is 0 Å². The number of hydrogen-bond acceptors (Lipinski definition) is 2. The Labute approximate surface area is 80.7 Å². The van der Waals surface area contributed by atoms with E-state index < -0.39 is 0 Å². The molecule has 0 spiro atoms. The summed E-state index contributed by atoms with van der Waals surface area (Å²) in [4.78, 5) is 1.35. The molecule has 0 unspecified atom stereocenters. The summed E-state index contributed by atoms with van der Waals surface area (Å²) in [5, 5.41) is 4.76. The van der Waals surface area contributed by atoms with E-state index in [1.165, 1.54) is 20.7 Å². The van der Waals surface area contributed by atoms with Crippen LogP contribution >= 0.6 is 11.3 Å². The van der Waals surface area contributed by atoms with Crippen LogP contribution in [-0.4, -0.2) is 6.54 Å². The Kier molecular flexibility index (Phi) is 1.43. The number of thiophene rings is 1. The molecule has 2 aromatic rings. The van der Waals surface area contributed by atoms with Gasteiger partial charge in [-0.3, -0.25) is 0 Å². The Hall–Kier alpha value is -1.28. The molecule has 0 saturated heterocycles. The highest BCUT2D eigenvalue weighted by molar-refractivity contribution is 7.20. The average Bonchev–Trinajstić information content (AvgIpc) is 2.56. The van der Waals surface area contributed by atoms with E-state index in [0.29, 0.717) is 0 Å². The summed E-state index contributed by atoms with van der Waals surface area (Å²) >= 11 is 1.85.